The molecule has 1 N–H and O–H groups in total. The van der Waals surface area contributed by atoms with E-state index in [4.69, 9.17) is 5.26 Å². The van der Waals surface area contributed by atoms with Gasteiger partial charge in [0.1, 0.15) is 0 Å². The Kier molecular flexibility index (Phi) is 3.72. The Morgan fingerprint density at radius 2 is 2.05 bits per heavy atom. The molecule has 0 saturated heterocycles. The molecular weight excluding hydrogens is 300 g/mol. The van der Waals surface area contributed by atoms with Crippen molar-refractivity contribution in [3.8, 4) is 6.07 Å². The van der Waals surface area contributed by atoms with E-state index in [1.807, 2.05) is 13.1 Å². The van der Waals surface area contributed by atoms with Gasteiger partial charge in [-0.05, 0) is 49.1 Å². The minimum atomic E-state index is -3.60. The third-order valence-corrected chi connectivity index (χ3v) is 5.34. The van der Waals surface area contributed by atoms with E-state index in [1.165, 1.54) is 29.8 Å². The second-order valence-electron chi connectivity index (χ2n) is 5.31. The summed E-state index contributed by atoms with van der Waals surface area (Å²) in [5, 5.41) is 13.2. The summed E-state index contributed by atoms with van der Waals surface area (Å²) >= 11 is 0. The lowest BCUT2D eigenvalue weighted by Gasteiger charge is -2.08. The number of hydrogen-bond donors (Lipinski definition) is 1. The average Bonchev–Trinajstić information content (AvgIpc) is 3.06. The third-order valence-electron chi connectivity index (χ3n) is 3.92. The van der Waals surface area contributed by atoms with Crippen molar-refractivity contribution in [1.29, 1.82) is 5.26 Å². The molecule has 1 aromatic carbocycles. The first-order chi connectivity index (χ1) is 10.5. The highest BCUT2D eigenvalue weighted by atomic mass is 32.2. The number of aryl methyl sites for hydroxylation is 2. The molecule has 114 valence electrons. The van der Waals surface area contributed by atoms with Gasteiger partial charge in [0.2, 0.25) is 10.0 Å². The molecular formula is C15H16N4O2S. The van der Waals surface area contributed by atoms with Crippen LogP contribution in [0, 0.1) is 11.3 Å². The number of aromatic nitrogens is 2. The molecule has 7 heteroatoms. The Morgan fingerprint density at radius 1 is 1.32 bits per heavy atom. The SMILES string of the molecule is Cn1nc2c(c1CNS(=O)(=O)c1ccc(C#N)cc1)CCC2. The van der Waals surface area contributed by atoms with Gasteiger partial charge in [-0.2, -0.15) is 10.4 Å². The van der Waals surface area contributed by atoms with E-state index in [-0.39, 0.29) is 11.4 Å². The first-order valence-electron chi connectivity index (χ1n) is 7.05. The normalized spacial score (nSPS) is 13.8. The van der Waals surface area contributed by atoms with Crippen molar-refractivity contribution in [2.24, 2.45) is 7.05 Å². The van der Waals surface area contributed by atoms with Crippen molar-refractivity contribution >= 4 is 10.0 Å². The number of sulfonamides is 1. The Morgan fingerprint density at radius 3 is 2.73 bits per heavy atom. The summed E-state index contributed by atoms with van der Waals surface area (Å²) < 4.78 is 29.0. The molecule has 0 aliphatic heterocycles. The maximum Gasteiger partial charge on any atom is 0.240 e. The van der Waals surface area contributed by atoms with Crippen LogP contribution < -0.4 is 4.72 Å². The number of nitrogens with zero attached hydrogens (tertiary/aromatic N) is 3. The smallest absolute Gasteiger partial charge is 0.240 e. The first-order valence-corrected chi connectivity index (χ1v) is 8.53. The second-order valence-corrected chi connectivity index (χ2v) is 7.08. The maximum atomic E-state index is 12.3. The number of benzene rings is 1. The number of fused-ring (bicyclic) bond motifs is 1. The molecule has 6 nitrogen and oxygen atoms in total. The van der Waals surface area contributed by atoms with Crippen LogP contribution in [0.4, 0.5) is 0 Å². The summed E-state index contributed by atoms with van der Waals surface area (Å²) in [6.45, 7) is 0.223. The Hall–Kier alpha value is -2.17. The zero-order valence-corrected chi connectivity index (χ0v) is 13.0. The lowest BCUT2D eigenvalue weighted by atomic mass is 10.2. The second kappa shape index (κ2) is 5.55. The van der Waals surface area contributed by atoms with Crippen molar-refractivity contribution in [2.75, 3.05) is 0 Å². The largest absolute Gasteiger partial charge is 0.271 e. The van der Waals surface area contributed by atoms with Crippen LogP contribution in [0.25, 0.3) is 0 Å². The number of nitriles is 1. The lowest BCUT2D eigenvalue weighted by molar-refractivity contribution is 0.576. The van der Waals surface area contributed by atoms with Gasteiger partial charge in [0.25, 0.3) is 0 Å². The van der Waals surface area contributed by atoms with Gasteiger partial charge in [-0.15, -0.1) is 0 Å². The molecule has 0 fully saturated rings. The van der Waals surface area contributed by atoms with E-state index < -0.39 is 10.0 Å². The van der Waals surface area contributed by atoms with Crippen LogP contribution >= 0.6 is 0 Å². The highest BCUT2D eigenvalue weighted by Gasteiger charge is 2.22. The van der Waals surface area contributed by atoms with Gasteiger partial charge in [-0.1, -0.05) is 0 Å². The summed E-state index contributed by atoms with van der Waals surface area (Å²) in [7, 11) is -1.76. The van der Waals surface area contributed by atoms with Gasteiger partial charge in [0.15, 0.2) is 0 Å². The van der Waals surface area contributed by atoms with Crippen molar-refractivity contribution < 1.29 is 8.42 Å². The lowest BCUT2D eigenvalue weighted by Crippen LogP contribution is -2.25. The van der Waals surface area contributed by atoms with Gasteiger partial charge in [0, 0.05) is 7.05 Å². The highest BCUT2D eigenvalue weighted by molar-refractivity contribution is 7.89. The fourth-order valence-electron chi connectivity index (χ4n) is 2.76. The van der Waals surface area contributed by atoms with Crippen molar-refractivity contribution in [2.45, 2.75) is 30.7 Å². The zero-order chi connectivity index (χ0) is 15.7. The zero-order valence-electron chi connectivity index (χ0n) is 12.2. The number of hydrogen-bond acceptors (Lipinski definition) is 4. The topological polar surface area (TPSA) is 87.8 Å². The molecule has 1 aromatic heterocycles. The molecule has 0 unspecified atom stereocenters. The standard InChI is InChI=1S/C15H16N4O2S/c1-19-15(13-3-2-4-14(13)18-19)10-17-22(20,21)12-7-5-11(9-16)6-8-12/h5-8,17H,2-4,10H2,1H3. The molecule has 1 heterocycles. The Balaban J connectivity index is 1.79. The minimum absolute atomic E-state index is 0.158. The van der Waals surface area contributed by atoms with Crippen molar-refractivity contribution in [3.05, 3.63) is 46.8 Å². The predicted molar refractivity (Wildman–Crippen MR) is 80.4 cm³/mol. The van der Waals surface area contributed by atoms with E-state index >= 15 is 0 Å². The number of rotatable bonds is 4. The first kappa shape index (κ1) is 14.8. The summed E-state index contributed by atoms with van der Waals surface area (Å²) in [5.74, 6) is 0. The molecule has 3 rings (SSSR count). The van der Waals surface area contributed by atoms with Gasteiger partial charge < -0.3 is 0 Å². The molecule has 0 atom stereocenters. The van der Waals surface area contributed by atoms with Gasteiger partial charge >= 0.3 is 0 Å². The van der Waals surface area contributed by atoms with E-state index in [0.29, 0.717) is 5.56 Å². The van der Waals surface area contributed by atoms with E-state index in [9.17, 15) is 8.42 Å². The maximum absolute atomic E-state index is 12.3. The molecule has 0 radical (unpaired) electrons. The average molecular weight is 316 g/mol. The van der Waals surface area contributed by atoms with Gasteiger partial charge in [-0.25, -0.2) is 13.1 Å². The molecule has 0 saturated carbocycles. The van der Waals surface area contributed by atoms with Gasteiger partial charge in [0.05, 0.1) is 34.5 Å². The fourth-order valence-corrected chi connectivity index (χ4v) is 3.75. The van der Waals surface area contributed by atoms with Crippen LogP contribution in [0.1, 0.15) is 28.9 Å². The molecule has 0 amide bonds. The molecule has 0 spiro atoms. The molecule has 0 bridgehead atoms. The summed E-state index contributed by atoms with van der Waals surface area (Å²) in [4.78, 5) is 0.158. The van der Waals surface area contributed by atoms with Crippen molar-refractivity contribution in [1.82, 2.24) is 14.5 Å². The van der Waals surface area contributed by atoms with Crippen LogP contribution in [0.5, 0.6) is 0 Å². The minimum Gasteiger partial charge on any atom is -0.271 e. The summed E-state index contributed by atoms with van der Waals surface area (Å²) in [6.07, 6.45) is 3.00. The van der Waals surface area contributed by atoms with Crippen LogP contribution in [-0.2, 0) is 36.5 Å². The highest BCUT2D eigenvalue weighted by Crippen LogP contribution is 2.24. The fraction of sp³-hybridized carbons (Fsp3) is 0.333. The number of nitrogens with one attached hydrogen (secondary N) is 1. The van der Waals surface area contributed by atoms with Crippen LogP contribution in [0.15, 0.2) is 29.2 Å². The van der Waals surface area contributed by atoms with E-state index in [0.717, 1.165) is 30.7 Å². The molecule has 1 aliphatic carbocycles. The molecule has 22 heavy (non-hydrogen) atoms. The molecule has 2 aromatic rings. The quantitative estimate of drug-likeness (QED) is 0.920. The Bertz CT molecular complexity index is 845. The van der Waals surface area contributed by atoms with Gasteiger partial charge in [-0.3, -0.25) is 4.68 Å². The third kappa shape index (κ3) is 2.63. The van der Waals surface area contributed by atoms with Crippen LogP contribution in [-0.4, -0.2) is 18.2 Å². The predicted octanol–water partition coefficient (Wildman–Crippen LogP) is 1.26. The van der Waals surface area contributed by atoms with Crippen LogP contribution in [0.2, 0.25) is 0 Å². The monoisotopic (exact) mass is 316 g/mol. The molecule has 1 aliphatic rings. The van der Waals surface area contributed by atoms with Crippen molar-refractivity contribution in [3.63, 3.8) is 0 Å². The van der Waals surface area contributed by atoms with E-state index in [2.05, 4.69) is 9.82 Å². The summed E-state index contributed by atoms with van der Waals surface area (Å²) in [5.41, 5.74) is 3.60. The van der Waals surface area contributed by atoms with E-state index in [1.54, 1.807) is 4.68 Å². The Labute approximate surface area is 129 Å². The summed E-state index contributed by atoms with van der Waals surface area (Å²) in [6, 6.07) is 7.84. The van der Waals surface area contributed by atoms with Crippen LogP contribution in [0.3, 0.4) is 0 Å².